The van der Waals surface area contributed by atoms with Crippen LogP contribution < -0.4 is 0 Å². The van der Waals surface area contributed by atoms with Crippen LogP contribution in [0, 0.1) is 0 Å². The highest BCUT2D eigenvalue weighted by Gasteiger charge is 2.16. The Morgan fingerprint density at radius 2 is 1.67 bits per heavy atom. The summed E-state index contributed by atoms with van der Waals surface area (Å²) >= 11 is 3.60. The van der Waals surface area contributed by atoms with Gasteiger partial charge in [-0.2, -0.15) is 0 Å². The third-order valence-corrected chi connectivity index (χ3v) is 4.49. The van der Waals surface area contributed by atoms with Crippen LogP contribution in [0.15, 0.2) is 61.1 Å². The van der Waals surface area contributed by atoms with Crippen molar-refractivity contribution in [3.05, 3.63) is 52.7 Å². The number of benzene rings is 1. The molecule has 74 valence electrons. The molecule has 0 fully saturated rings. The molecule has 0 amide bonds. The topological polar surface area (TPSA) is 13.1 Å². The second-order valence-electron chi connectivity index (χ2n) is 3.13. The van der Waals surface area contributed by atoms with E-state index in [1.165, 1.54) is 14.0 Å². The molecular formula is C12H8OS2. The Morgan fingerprint density at radius 3 is 2.27 bits per heavy atom. The number of rotatable bonds is 1. The summed E-state index contributed by atoms with van der Waals surface area (Å²) in [7, 11) is 0. The number of fused-ring (bicyclic) bond motifs is 1. The standard InChI is InChI=1S/C12H8OS2/c1-2-6-11-10(5-1)14-12(15-11)8-9-4-3-7-13-9/h1-8H. The Morgan fingerprint density at radius 1 is 0.933 bits per heavy atom. The predicted octanol–water partition coefficient (Wildman–Crippen LogP) is 4.48. The molecule has 15 heavy (non-hydrogen) atoms. The van der Waals surface area contributed by atoms with E-state index in [4.69, 9.17) is 4.42 Å². The van der Waals surface area contributed by atoms with Gasteiger partial charge in [-0.25, -0.2) is 0 Å². The molecule has 0 spiro atoms. The van der Waals surface area contributed by atoms with Crippen LogP contribution in [-0.4, -0.2) is 0 Å². The lowest BCUT2D eigenvalue weighted by atomic mass is 10.4. The number of hydrogen-bond acceptors (Lipinski definition) is 3. The smallest absolute Gasteiger partial charge is 0.128 e. The van der Waals surface area contributed by atoms with Crippen LogP contribution in [0.4, 0.5) is 0 Å². The first kappa shape index (κ1) is 9.19. The Labute approximate surface area is 96.6 Å². The summed E-state index contributed by atoms with van der Waals surface area (Å²) in [6, 6.07) is 12.3. The molecule has 0 radical (unpaired) electrons. The molecule has 1 nitrogen and oxygen atoms in total. The highest BCUT2D eigenvalue weighted by atomic mass is 32.2. The lowest BCUT2D eigenvalue weighted by molar-refractivity contribution is 0.557. The van der Waals surface area contributed by atoms with Crippen LogP contribution >= 0.6 is 23.5 Å². The van der Waals surface area contributed by atoms with Gasteiger partial charge in [0.05, 0.1) is 10.5 Å². The third kappa shape index (κ3) is 1.85. The van der Waals surface area contributed by atoms with E-state index in [0.29, 0.717) is 0 Å². The molecule has 3 heteroatoms. The minimum Gasteiger partial charge on any atom is -0.465 e. The maximum absolute atomic E-state index is 5.29. The molecule has 1 aromatic heterocycles. The highest BCUT2D eigenvalue weighted by molar-refractivity contribution is 8.24. The largest absolute Gasteiger partial charge is 0.465 e. The van der Waals surface area contributed by atoms with Crippen LogP contribution in [0.2, 0.25) is 0 Å². The average molecular weight is 232 g/mol. The van der Waals surface area contributed by atoms with Gasteiger partial charge in [-0.3, -0.25) is 0 Å². The van der Waals surface area contributed by atoms with Crippen LogP contribution in [0.1, 0.15) is 5.76 Å². The predicted molar refractivity (Wildman–Crippen MR) is 64.8 cm³/mol. The fourth-order valence-corrected chi connectivity index (χ4v) is 3.77. The van der Waals surface area contributed by atoms with E-state index in [1.54, 1.807) is 29.8 Å². The van der Waals surface area contributed by atoms with Crippen molar-refractivity contribution in [1.29, 1.82) is 0 Å². The van der Waals surface area contributed by atoms with E-state index in [0.717, 1.165) is 5.76 Å². The minimum atomic E-state index is 0.915. The molecule has 2 heterocycles. The Balaban J connectivity index is 1.90. The first-order valence-electron chi connectivity index (χ1n) is 4.62. The molecule has 3 rings (SSSR count). The lowest BCUT2D eigenvalue weighted by Crippen LogP contribution is -1.65. The second kappa shape index (κ2) is 3.83. The first-order chi connectivity index (χ1) is 7.42. The summed E-state index contributed by atoms with van der Waals surface area (Å²) in [5, 5.41) is 0. The SMILES string of the molecule is C(=C1Sc2ccccc2S1)c1ccco1. The van der Waals surface area contributed by atoms with Crippen molar-refractivity contribution in [2.45, 2.75) is 9.79 Å². The Bertz CT molecular complexity index is 473. The lowest BCUT2D eigenvalue weighted by Gasteiger charge is -1.90. The van der Waals surface area contributed by atoms with E-state index >= 15 is 0 Å². The number of furan rings is 1. The highest BCUT2D eigenvalue weighted by Crippen LogP contribution is 2.51. The molecule has 1 aliphatic rings. The molecule has 0 unspecified atom stereocenters. The van der Waals surface area contributed by atoms with Crippen LogP contribution in [-0.2, 0) is 0 Å². The molecule has 0 atom stereocenters. The Kier molecular flexibility index (Phi) is 2.35. The Hall–Kier alpha value is -1.06. The zero-order valence-corrected chi connectivity index (χ0v) is 9.48. The van der Waals surface area contributed by atoms with Crippen molar-refractivity contribution in [3.8, 4) is 0 Å². The van der Waals surface area contributed by atoms with E-state index in [1.807, 2.05) is 12.1 Å². The molecule has 0 saturated carbocycles. The minimum absolute atomic E-state index is 0.915. The van der Waals surface area contributed by atoms with Gasteiger partial charge in [-0.1, -0.05) is 35.7 Å². The third-order valence-electron chi connectivity index (χ3n) is 2.07. The molecular weight excluding hydrogens is 224 g/mol. The molecule has 0 bridgehead atoms. The van der Waals surface area contributed by atoms with Gasteiger partial charge in [0, 0.05) is 15.9 Å². The van der Waals surface area contributed by atoms with E-state index < -0.39 is 0 Å². The van der Waals surface area contributed by atoms with Gasteiger partial charge in [-0.05, 0) is 24.3 Å². The normalized spacial score (nSPS) is 14.0. The van der Waals surface area contributed by atoms with Crippen molar-refractivity contribution in [1.82, 2.24) is 0 Å². The van der Waals surface area contributed by atoms with Gasteiger partial charge in [0.15, 0.2) is 0 Å². The summed E-state index contributed by atoms with van der Waals surface area (Å²) in [6.07, 6.45) is 3.78. The molecule has 1 aliphatic heterocycles. The second-order valence-corrected chi connectivity index (χ2v) is 5.56. The summed E-state index contributed by atoms with van der Waals surface area (Å²) in [4.78, 5) is 2.67. The number of thioether (sulfide) groups is 2. The monoisotopic (exact) mass is 232 g/mol. The fraction of sp³-hybridized carbons (Fsp3) is 0. The van der Waals surface area contributed by atoms with Crippen molar-refractivity contribution >= 4 is 29.6 Å². The molecule has 0 aliphatic carbocycles. The van der Waals surface area contributed by atoms with Crippen molar-refractivity contribution in [2.24, 2.45) is 0 Å². The van der Waals surface area contributed by atoms with Crippen molar-refractivity contribution in [2.75, 3.05) is 0 Å². The summed E-state index contributed by atoms with van der Waals surface area (Å²) in [6.45, 7) is 0. The van der Waals surface area contributed by atoms with Crippen LogP contribution in [0.3, 0.4) is 0 Å². The quantitative estimate of drug-likeness (QED) is 0.719. The average Bonchev–Trinajstić information content (AvgIpc) is 2.86. The first-order valence-corrected chi connectivity index (χ1v) is 6.25. The zero-order chi connectivity index (χ0) is 10.1. The molecule has 0 saturated heterocycles. The fourth-order valence-electron chi connectivity index (χ4n) is 1.40. The summed E-state index contributed by atoms with van der Waals surface area (Å²) in [5.41, 5.74) is 0. The van der Waals surface area contributed by atoms with Crippen LogP contribution in [0.5, 0.6) is 0 Å². The van der Waals surface area contributed by atoms with E-state index in [-0.39, 0.29) is 0 Å². The van der Waals surface area contributed by atoms with Gasteiger partial charge in [0.2, 0.25) is 0 Å². The summed E-state index contributed by atoms with van der Waals surface area (Å²) < 4.78 is 6.56. The van der Waals surface area contributed by atoms with Gasteiger partial charge in [0.1, 0.15) is 5.76 Å². The zero-order valence-electron chi connectivity index (χ0n) is 7.84. The van der Waals surface area contributed by atoms with Gasteiger partial charge in [-0.15, -0.1) is 0 Å². The molecule has 1 aromatic carbocycles. The van der Waals surface area contributed by atoms with Gasteiger partial charge in [0.25, 0.3) is 0 Å². The maximum Gasteiger partial charge on any atom is 0.128 e. The van der Waals surface area contributed by atoms with E-state index in [2.05, 4.69) is 30.3 Å². The van der Waals surface area contributed by atoms with Crippen LogP contribution in [0.25, 0.3) is 6.08 Å². The molecule has 0 N–H and O–H groups in total. The number of hydrogen-bond donors (Lipinski definition) is 0. The molecule has 2 aromatic rings. The van der Waals surface area contributed by atoms with Gasteiger partial charge >= 0.3 is 0 Å². The van der Waals surface area contributed by atoms with Crippen molar-refractivity contribution in [3.63, 3.8) is 0 Å². The summed E-state index contributed by atoms with van der Waals surface area (Å²) in [5.74, 6) is 0.915. The maximum atomic E-state index is 5.29. The van der Waals surface area contributed by atoms with Gasteiger partial charge < -0.3 is 4.42 Å². The van der Waals surface area contributed by atoms with E-state index in [9.17, 15) is 0 Å². The van der Waals surface area contributed by atoms with Crippen molar-refractivity contribution < 1.29 is 4.42 Å².